The third-order valence-corrected chi connectivity index (χ3v) is 6.55. The van der Waals surface area contributed by atoms with E-state index in [1.54, 1.807) is 18.6 Å². The number of hydrogen-bond donors (Lipinski definition) is 1. The third kappa shape index (κ3) is 5.17. The Balaban J connectivity index is 1.35. The van der Waals surface area contributed by atoms with E-state index in [0.717, 1.165) is 31.7 Å². The maximum atomic E-state index is 12.9. The highest BCUT2D eigenvalue weighted by atomic mass is 16.1. The molecule has 160 valence electrons. The van der Waals surface area contributed by atoms with Crippen LogP contribution in [0.1, 0.15) is 50.2 Å². The molecule has 3 heterocycles. The van der Waals surface area contributed by atoms with E-state index in [0.29, 0.717) is 19.1 Å². The fourth-order valence-corrected chi connectivity index (χ4v) is 4.68. The van der Waals surface area contributed by atoms with Crippen molar-refractivity contribution in [2.45, 2.75) is 58.2 Å². The quantitative estimate of drug-likeness (QED) is 0.795. The molecule has 2 aromatic rings. The van der Waals surface area contributed by atoms with Crippen molar-refractivity contribution >= 4 is 11.7 Å². The van der Waals surface area contributed by atoms with Crippen LogP contribution < -0.4 is 10.2 Å². The summed E-state index contributed by atoms with van der Waals surface area (Å²) in [4.78, 5) is 26.2. The molecule has 0 radical (unpaired) electrons. The number of likely N-dealkylation sites (tertiary alicyclic amines) is 1. The maximum Gasteiger partial charge on any atom is 0.225 e. The summed E-state index contributed by atoms with van der Waals surface area (Å²) in [7, 11) is 0. The van der Waals surface area contributed by atoms with Gasteiger partial charge in [0.15, 0.2) is 0 Å². The zero-order valence-electron chi connectivity index (χ0n) is 18.0. The molecule has 1 aromatic heterocycles. The van der Waals surface area contributed by atoms with Crippen LogP contribution in [0.25, 0.3) is 0 Å². The summed E-state index contributed by atoms with van der Waals surface area (Å²) in [6, 6.07) is 9.17. The van der Waals surface area contributed by atoms with Gasteiger partial charge in [0.05, 0.1) is 12.1 Å². The van der Waals surface area contributed by atoms with Crippen molar-refractivity contribution in [3.05, 3.63) is 54.0 Å². The number of rotatable bonds is 6. The van der Waals surface area contributed by atoms with Gasteiger partial charge in [-0.3, -0.25) is 14.7 Å². The first-order valence-electron chi connectivity index (χ1n) is 11.3. The zero-order valence-corrected chi connectivity index (χ0v) is 18.0. The summed E-state index contributed by atoms with van der Waals surface area (Å²) in [6.45, 7) is 6.70. The first kappa shape index (κ1) is 20.8. The van der Waals surface area contributed by atoms with E-state index in [1.807, 2.05) is 0 Å². The average molecular weight is 408 g/mol. The Morgan fingerprint density at radius 2 is 1.97 bits per heavy atom. The van der Waals surface area contributed by atoms with Gasteiger partial charge < -0.3 is 10.2 Å². The van der Waals surface area contributed by atoms with Crippen LogP contribution in [-0.4, -0.2) is 46.5 Å². The minimum atomic E-state index is -0.00460. The lowest BCUT2D eigenvalue weighted by atomic mass is 9.96. The summed E-state index contributed by atoms with van der Waals surface area (Å²) < 4.78 is 0. The molecule has 6 heteroatoms. The molecule has 4 rings (SSSR count). The highest BCUT2D eigenvalue weighted by Crippen LogP contribution is 2.23. The Bertz CT molecular complexity index is 827. The van der Waals surface area contributed by atoms with Crippen molar-refractivity contribution in [3.63, 3.8) is 0 Å². The van der Waals surface area contributed by atoms with Gasteiger partial charge >= 0.3 is 0 Å². The summed E-state index contributed by atoms with van der Waals surface area (Å²) >= 11 is 0. The van der Waals surface area contributed by atoms with Gasteiger partial charge in [0.25, 0.3) is 0 Å². The Morgan fingerprint density at radius 3 is 2.77 bits per heavy atom. The van der Waals surface area contributed by atoms with E-state index in [2.05, 4.69) is 56.3 Å². The third-order valence-electron chi connectivity index (χ3n) is 6.55. The first-order chi connectivity index (χ1) is 14.7. The average Bonchev–Trinajstić information content (AvgIpc) is 2.80. The van der Waals surface area contributed by atoms with Gasteiger partial charge in [0.1, 0.15) is 5.82 Å². The lowest BCUT2D eigenvalue weighted by Crippen LogP contribution is -2.43. The van der Waals surface area contributed by atoms with Gasteiger partial charge in [-0.15, -0.1) is 0 Å². The molecule has 6 nitrogen and oxygen atoms in total. The van der Waals surface area contributed by atoms with Crippen molar-refractivity contribution in [3.8, 4) is 0 Å². The van der Waals surface area contributed by atoms with Crippen LogP contribution in [0.3, 0.4) is 0 Å². The monoisotopic (exact) mass is 407 g/mol. The van der Waals surface area contributed by atoms with E-state index in [-0.39, 0.29) is 11.8 Å². The SMILES string of the molecule is C[C@H]1CCCCN1Cc1ccccc1CNC(=O)[C@H]1CCCN(c2cnccn2)C1. The van der Waals surface area contributed by atoms with Gasteiger partial charge in [-0.05, 0) is 50.3 Å². The molecular formula is C24H33N5O. The standard InChI is InChI=1S/C24H33N5O/c1-19-7-4-5-13-28(19)17-21-9-3-2-8-20(21)15-27-24(30)22-10-6-14-29(18-22)23-16-25-11-12-26-23/h2-3,8-9,11-12,16,19,22H,4-7,10,13-15,17-18H2,1H3,(H,27,30)/t19-,22-/m0/s1. The summed E-state index contributed by atoms with van der Waals surface area (Å²) in [5, 5.41) is 3.21. The van der Waals surface area contributed by atoms with Crippen molar-refractivity contribution in [1.29, 1.82) is 0 Å². The predicted octanol–water partition coefficient (Wildman–Crippen LogP) is 3.38. The molecule has 0 saturated carbocycles. The van der Waals surface area contributed by atoms with Gasteiger partial charge in [-0.1, -0.05) is 30.7 Å². The van der Waals surface area contributed by atoms with Crippen molar-refractivity contribution in [2.24, 2.45) is 5.92 Å². The minimum Gasteiger partial charge on any atom is -0.355 e. The highest BCUT2D eigenvalue weighted by molar-refractivity contribution is 5.79. The van der Waals surface area contributed by atoms with E-state index in [1.165, 1.54) is 36.9 Å². The molecule has 2 aliphatic heterocycles. The van der Waals surface area contributed by atoms with Gasteiger partial charge in [0, 0.05) is 44.6 Å². The van der Waals surface area contributed by atoms with E-state index >= 15 is 0 Å². The number of anilines is 1. The number of nitrogens with zero attached hydrogens (tertiary/aromatic N) is 4. The number of amides is 1. The molecule has 30 heavy (non-hydrogen) atoms. The molecule has 2 fully saturated rings. The molecule has 1 amide bonds. The number of carbonyl (C=O) groups is 1. The Morgan fingerprint density at radius 1 is 1.10 bits per heavy atom. The number of piperidine rings is 2. The first-order valence-corrected chi connectivity index (χ1v) is 11.3. The highest BCUT2D eigenvalue weighted by Gasteiger charge is 2.26. The number of nitrogens with one attached hydrogen (secondary N) is 1. The molecule has 0 spiro atoms. The van der Waals surface area contributed by atoms with Gasteiger partial charge in [-0.2, -0.15) is 0 Å². The Hall–Kier alpha value is -2.47. The van der Waals surface area contributed by atoms with Crippen LogP contribution in [-0.2, 0) is 17.9 Å². The molecule has 1 N–H and O–H groups in total. The second kappa shape index (κ2) is 10.0. The number of aromatic nitrogens is 2. The molecule has 0 unspecified atom stereocenters. The van der Waals surface area contributed by atoms with E-state index in [9.17, 15) is 4.79 Å². The normalized spacial score (nSPS) is 22.6. The van der Waals surface area contributed by atoms with Gasteiger partial charge in [-0.25, -0.2) is 4.98 Å². The van der Waals surface area contributed by atoms with E-state index < -0.39 is 0 Å². The van der Waals surface area contributed by atoms with Crippen molar-refractivity contribution < 1.29 is 4.79 Å². The number of hydrogen-bond acceptors (Lipinski definition) is 5. The summed E-state index contributed by atoms with van der Waals surface area (Å²) in [5.74, 6) is 0.996. The Kier molecular flexibility index (Phi) is 6.95. The second-order valence-corrected chi connectivity index (χ2v) is 8.65. The van der Waals surface area contributed by atoms with Gasteiger partial charge in [0.2, 0.25) is 5.91 Å². The minimum absolute atomic E-state index is 0.00460. The molecular weight excluding hydrogens is 374 g/mol. The van der Waals surface area contributed by atoms with Crippen LogP contribution >= 0.6 is 0 Å². The molecule has 2 atom stereocenters. The van der Waals surface area contributed by atoms with Crippen molar-refractivity contribution in [1.82, 2.24) is 20.2 Å². The molecule has 2 aliphatic rings. The lowest BCUT2D eigenvalue weighted by Gasteiger charge is -2.34. The van der Waals surface area contributed by atoms with Crippen LogP contribution in [0.2, 0.25) is 0 Å². The molecule has 0 bridgehead atoms. The fourth-order valence-electron chi connectivity index (χ4n) is 4.68. The number of carbonyl (C=O) groups excluding carboxylic acids is 1. The molecule has 2 saturated heterocycles. The maximum absolute atomic E-state index is 12.9. The topological polar surface area (TPSA) is 61.4 Å². The summed E-state index contributed by atoms with van der Waals surface area (Å²) in [5.41, 5.74) is 2.56. The molecule has 1 aromatic carbocycles. The fraction of sp³-hybridized carbons (Fsp3) is 0.542. The van der Waals surface area contributed by atoms with E-state index in [4.69, 9.17) is 0 Å². The lowest BCUT2D eigenvalue weighted by molar-refractivity contribution is -0.125. The summed E-state index contributed by atoms with van der Waals surface area (Å²) in [6.07, 6.45) is 11.0. The van der Waals surface area contributed by atoms with Crippen LogP contribution in [0.4, 0.5) is 5.82 Å². The van der Waals surface area contributed by atoms with Crippen LogP contribution in [0, 0.1) is 5.92 Å². The largest absolute Gasteiger partial charge is 0.355 e. The van der Waals surface area contributed by atoms with Crippen molar-refractivity contribution in [2.75, 3.05) is 24.5 Å². The zero-order chi connectivity index (χ0) is 20.8. The Labute approximate surface area is 179 Å². The molecule has 0 aliphatic carbocycles. The van der Waals surface area contributed by atoms with Crippen LogP contribution in [0.5, 0.6) is 0 Å². The number of benzene rings is 1. The smallest absolute Gasteiger partial charge is 0.225 e. The predicted molar refractivity (Wildman–Crippen MR) is 119 cm³/mol. The second-order valence-electron chi connectivity index (χ2n) is 8.65. The van der Waals surface area contributed by atoms with Crippen LogP contribution in [0.15, 0.2) is 42.9 Å².